The molecule has 0 spiro atoms. The summed E-state index contributed by atoms with van der Waals surface area (Å²) < 4.78 is 16.8. The largest absolute Gasteiger partial charge is 0.462 e. The highest BCUT2D eigenvalue weighted by molar-refractivity contribution is 5.71. The fourth-order valence-electron chi connectivity index (χ4n) is 7.46. The first-order valence-corrected chi connectivity index (χ1v) is 26.0. The van der Waals surface area contributed by atoms with E-state index in [0.29, 0.717) is 19.3 Å². The predicted octanol–water partition coefficient (Wildman–Crippen LogP) is 16.9. The van der Waals surface area contributed by atoms with E-state index in [1.165, 1.54) is 148 Å². The molecular formula is C54H98O6. The zero-order chi connectivity index (χ0) is 43.7. The van der Waals surface area contributed by atoms with Gasteiger partial charge in [-0.2, -0.15) is 0 Å². The molecule has 0 saturated heterocycles. The highest BCUT2D eigenvalue weighted by Gasteiger charge is 2.19. The lowest BCUT2D eigenvalue weighted by molar-refractivity contribution is -0.167. The van der Waals surface area contributed by atoms with E-state index in [-0.39, 0.29) is 31.1 Å². The number of esters is 3. The van der Waals surface area contributed by atoms with Gasteiger partial charge in [0.25, 0.3) is 0 Å². The van der Waals surface area contributed by atoms with Crippen LogP contribution >= 0.6 is 0 Å². The molecule has 0 aliphatic carbocycles. The van der Waals surface area contributed by atoms with Crippen molar-refractivity contribution in [1.82, 2.24) is 0 Å². The monoisotopic (exact) mass is 843 g/mol. The van der Waals surface area contributed by atoms with Crippen LogP contribution in [0.1, 0.15) is 271 Å². The Morgan fingerprint density at radius 3 is 1.07 bits per heavy atom. The van der Waals surface area contributed by atoms with Gasteiger partial charge in [-0.15, -0.1) is 0 Å². The van der Waals surface area contributed by atoms with Crippen LogP contribution in [-0.2, 0) is 28.6 Å². The van der Waals surface area contributed by atoms with Crippen molar-refractivity contribution < 1.29 is 28.6 Å². The van der Waals surface area contributed by atoms with Gasteiger partial charge < -0.3 is 14.2 Å². The molecule has 60 heavy (non-hydrogen) atoms. The molecule has 0 aromatic heterocycles. The summed E-state index contributed by atoms with van der Waals surface area (Å²) in [6.45, 7) is 6.50. The minimum atomic E-state index is -0.775. The molecular weight excluding hydrogens is 745 g/mol. The van der Waals surface area contributed by atoms with E-state index in [0.717, 1.165) is 83.5 Å². The molecule has 0 N–H and O–H groups in total. The molecule has 0 fully saturated rings. The Bertz CT molecular complexity index is 1020. The standard InChI is InChI=1S/C54H98O6/c1-4-7-10-13-16-19-22-24-26-27-28-30-32-35-38-41-44-47-53(56)59-50-51(49-58-52(55)46-43-40-37-34-31-21-18-15-12-9-6-3)60-54(57)48-45-42-39-36-33-29-25-23-20-17-14-11-8-5-2/h8,11,15,17-18,20,51H,4-7,9-10,12-14,16,19,21-50H2,1-3H3/b11-8-,18-15-,20-17-. The zero-order valence-electron chi connectivity index (χ0n) is 40.0. The number of allylic oxidation sites excluding steroid dienone is 6. The average molecular weight is 843 g/mol. The minimum Gasteiger partial charge on any atom is -0.462 e. The molecule has 350 valence electrons. The fourth-order valence-corrected chi connectivity index (χ4v) is 7.46. The normalized spacial score (nSPS) is 12.2. The second-order valence-electron chi connectivity index (χ2n) is 17.4. The summed E-state index contributed by atoms with van der Waals surface area (Å²) in [6.07, 6.45) is 57.0. The molecule has 0 heterocycles. The number of hydrogen-bond donors (Lipinski definition) is 0. The van der Waals surface area contributed by atoms with E-state index in [1.54, 1.807) is 0 Å². The molecule has 0 aliphatic heterocycles. The molecule has 0 bridgehead atoms. The Hall–Kier alpha value is -2.37. The molecule has 1 atom stereocenters. The molecule has 6 nitrogen and oxygen atoms in total. The van der Waals surface area contributed by atoms with E-state index >= 15 is 0 Å². The fraction of sp³-hybridized carbons (Fsp3) is 0.833. The van der Waals surface area contributed by atoms with E-state index in [1.807, 2.05) is 0 Å². The molecule has 0 aromatic rings. The maximum atomic E-state index is 12.8. The number of hydrogen-bond acceptors (Lipinski definition) is 6. The first-order valence-electron chi connectivity index (χ1n) is 26.0. The van der Waals surface area contributed by atoms with Crippen molar-refractivity contribution in [2.24, 2.45) is 0 Å². The third-order valence-electron chi connectivity index (χ3n) is 11.4. The number of ether oxygens (including phenoxy) is 3. The van der Waals surface area contributed by atoms with Gasteiger partial charge in [0.2, 0.25) is 0 Å². The third kappa shape index (κ3) is 46.7. The van der Waals surface area contributed by atoms with Crippen molar-refractivity contribution in [2.45, 2.75) is 277 Å². The SMILES string of the molecule is CC/C=C\C/C=C\CCCCCCCCCC(=O)OC(COC(=O)CCCCCCC/C=C\CCCC)COC(=O)CCCCCCCCCCCCCCCCCCC. The van der Waals surface area contributed by atoms with Gasteiger partial charge in [-0.25, -0.2) is 0 Å². The maximum Gasteiger partial charge on any atom is 0.306 e. The molecule has 0 radical (unpaired) electrons. The van der Waals surface area contributed by atoms with Gasteiger partial charge in [-0.05, 0) is 64.2 Å². The number of carbonyl (C=O) groups excluding carboxylic acids is 3. The zero-order valence-corrected chi connectivity index (χ0v) is 40.0. The Balaban J connectivity index is 4.32. The number of unbranched alkanes of at least 4 members (excludes halogenated alkanes) is 30. The summed E-state index contributed by atoms with van der Waals surface area (Å²) in [6, 6.07) is 0. The van der Waals surface area contributed by atoms with Crippen LogP contribution in [0, 0.1) is 0 Å². The van der Waals surface area contributed by atoms with E-state index < -0.39 is 6.10 Å². The second kappa shape index (κ2) is 49.3. The lowest BCUT2D eigenvalue weighted by atomic mass is 10.0. The first kappa shape index (κ1) is 57.6. The van der Waals surface area contributed by atoms with Crippen molar-refractivity contribution in [1.29, 1.82) is 0 Å². The quantitative estimate of drug-likeness (QED) is 0.0263. The van der Waals surface area contributed by atoms with Crippen molar-refractivity contribution in [3.63, 3.8) is 0 Å². The smallest absolute Gasteiger partial charge is 0.306 e. The highest BCUT2D eigenvalue weighted by Crippen LogP contribution is 2.16. The van der Waals surface area contributed by atoms with Crippen LogP contribution in [0.25, 0.3) is 0 Å². The van der Waals surface area contributed by atoms with Crippen LogP contribution in [-0.4, -0.2) is 37.2 Å². The highest BCUT2D eigenvalue weighted by atomic mass is 16.6. The molecule has 0 saturated carbocycles. The molecule has 0 aliphatic rings. The van der Waals surface area contributed by atoms with Crippen LogP contribution in [0.4, 0.5) is 0 Å². The molecule has 0 rings (SSSR count). The van der Waals surface area contributed by atoms with Crippen LogP contribution in [0.3, 0.4) is 0 Å². The predicted molar refractivity (Wildman–Crippen MR) is 256 cm³/mol. The molecule has 1 unspecified atom stereocenters. The van der Waals surface area contributed by atoms with Gasteiger partial charge in [-0.1, -0.05) is 224 Å². The van der Waals surface area contributed by atoms with Crippen molar-refractivity contribution in [2.75, 3.05) is 13.2 Å². The lowest BCUT2D eigenvalue weighted by Gasteiger charge is -2.18. The van der Waals surface area contributed by atoms with Gasteiger partial charge in [0, 0.05) is 19.3 Å². The average Bonchev–Trinajstić information content (AvgIpc) is 3.24. The minimum absolute atomic E-state index is 0.0751. The Morgan fingerprint density at radius 2 is 0.667 bits per heavy atom. The Morgan fingerprint density at radius 1 is 0.350 bits per heavy atom. The van der Waals surface area contributed by atoms with E-state index in [9.17, 15) is 14.4 Å². The first-order chi connectivity index (χ1) is 29.5. The molecule has 0 amide bonds. The summed E-state index contributed by atoms with van der Waals surface area (Å²) in [4.78, 5) is 37.9. The summed E-state index contributed by atoms with van der Waals surface area (Å²) in [7, 11) is 0. The summed E-state index contributed by atoms with van der Waals surface area (Å²) in [5, 5.41) is 0. The van der Waals surface area contributed by atoms with Gasteiger partial charge in [0.15, 0.2) is 6.10 Å². The van der Waals surface area contributed by atoms with Crippen LogP contribution in [0.2, 0.25) is 0 Å². The van der Waals surface area contributed by atoms with E-state index in [2.05, 4.69) is 57.2 Å². The van der Waals surface area contributed by atoms with Gasteiger partial charge in [-0.3, -0.25) is 14.4 Å². The second-order valence-corrected chi connectivity index (χ2v) is 17.4. The van der Waals surface area contributed by atoms with Gasteiger partial charge in [0.1, 0.15) is 13.2 Å². The van der Waals surface area contributed by atoms with Crippen molar-refractivity contribution in [3.05, 3.63) is 36.5 Å². The van der Waals surface area contributed by atoms with Crippen LogP contribution in [0.5, 0.6) is 0 Å². The van der Waals surface area contributed by atoms with Crippen molar-refractivity contribution >= 4 is 17.9 Å². The molecule has 6 heteroatoms. The molecule has 0 aromatic carbocycles. The number of carbonyl (C=O) groups is 3. The van der Waals surface area contributed by atoms with Crippen molar-refractivity contribution in [3.8, 4) is 0 Å². The number of rotatable bonds is 47. The summed E-state index contributed by atoms with van der Waals surface area (Å²) in [5.41, 5.74) is 0. The van der Waals surface area contributed by atoms with E-state index in [4.69, 9.17) is 14.2 Å². The Kier molecular flexibility index (Phi) is 47.3. The van der Waals surface area contributed by atoms with Gasteiger partial charge in [0.05, 0.1) is 0 Å². The van der Waals surface area contributed by atoms with Crippen LogP contribution < -0.4 is 0 Å². The lowest BCUT2D eigenvalue weighted by Crippen LogP contribution is -2.30. The van der Waals surface area contributed by atoms with Gasteiger partial charge >= 0.3 is 17.9 Å². The summed E-state index contributed by atoms with van der Waals surface area (Å²) in [5.74, 6) is -0.883. The topological polar surface area (TPSA) is 78.9 Å². The summed E-state index contributed by atoms with van der Waals surface area (Å²) >= 11 is 0. The maximum absolute atomic E-state index is 12.8. The van der Waals surface area contributed by atoms with Crippen LogP contribution in [0.15, 0.2) is 36.5 Å². The Labute approximate surface area is 372 Å². The third-order valence-corrected chi connectivity index (χ3v) is 11.4.